The summed E-state index contributed by atoms with van der Waals surface area (Å²) >= 11 is 0. The Morgan fingerprint density at radius 2 is 1.78 bits per heavy atom. The van der Waals surface area contributed by atoms with E-state index in [2.05, 4.69) is 21.2 Å². The molecule has 2 aromatic carbocycles. The Bertz CT molecular complexity index is 1380. The standard InChI is InChI=1S/C25H25N5O6/c1-2-11-30(14-16-5-8-19-18(12-16)23(34)29-25(26)28-19)13-15-3-6-17(7-4-15)22(33)27-20(24(35)36)9-10-21(31)32/h1,3-8,12,20H,9-11,13-14H2,(H,27,33)(H,31,32)(H,35,36)(H3,26,28,29,34)/t20-/m0/s1. The Morgan fingerprint density at radius 3 is 2.42 bits per heavy atom. The second-order valence-electron chi connectivity index (χ2n) is 8.15. The molecule has 1 atom stereocenters. The molecule has 6 N–H and O–H groups in total. The summed E-state index contributed by atoms with van der Waals surface area (Å²) in [6, 6.07) is 10.6. The molecule has 186 valence electrons. The fraction of sp³-hybridized carbons (Fsp3) is 0.240. The number of benzene rings is 2. The van der Waals surface area contributed by atoms with Crippen molar-refractivity contribution in [2.75, 3.05) is 12.3 Å². The van der Waals surface area contributed by atoms with Crippen LogP contribution in [0.1, 0.15) is 34.3 Å². The number of amides is 1. The third-order valence-corrected chi connectivity index (χ3v) is 5.38. The minimum Gasteiger partial charge on any atom is -0.481 e. The minimum atomic E-state index is -1.31. The molecule has 11 heteroatoms. The Kier molecular flexibility index (Phi) is 8.38. The van der Waals surface area contributed by atoms with Crippen LogP contribution < -0.4 is 16.6 Å². The van der Waals surface area contributed by atoms with E-state index in [-0.39, 0.29) is 29.9 Å². The van der Waals surface area contributed by atoms with Crippen LogP contribution in [-0.2, 0) is 22.7 Å². The van der Waals surface area contributed by atoms with Crippen LogP contribution in [0.4, 0.5) is 5.95 Å². The molecule has 11 nitrogen and oxygen atoms in total. The van der Waals surface area contributed by atoms with Gasteiger partial charge in [-0.15, -0.1) is 6.42 Å². The van der Waals surface area contributed by atoms with Crippen LogP contribution in [0.5, 0.6) is 0 Å². The molecular weight excluding hydrogens is 466 g/mol. The Hall–Kier alpha value is -4.69. The van der Waals surface area contributed by atoms with Gasteiger partial charge in [-0.25, -0.2) is 9.78 Å². The van der Waals surface area contributed by atoms with Crippen molar-refractivity contribution < 1.29 is 24.6 Å². The number of carbonyl (C=O) groups is 3. The van der Waals surface area contributed by atoms with Crippen LogP contribution in [0.15, 0.2) is 47.3 Å². The predicted molar refractivity (Wildman–Crippen MR) is 132 cm³/mol. The molecule has 1 amide bonds. The van der Waals surface area contributed by atoms with Crippen molar-refractivity contribution >= 4 is 34.7 Å². The van der Waals surface area contributed by atoms with Crippen molar-refractivity contribution in [3.63, 3.8) is 0 Å². The van der Waals surface area contributed by atoms with Gasteiger partial charge in [0.15, 0.2) is 0 Å². The number of nitrogens with zero attached hydrogens (tertiary/aromatic N) is 2. The lowest BCUT2D eigenvalue weighted by molar-refractivity contribution is -0.140. The highest BCUT2D eigenvalue weighted by molar-refractivity contribution is 5.96. The van der Waals surface area contributed by atoms with E-state index in [9.17, 15) is 24.3 Å². The maximum atomic E-state index is 12.4. The molecule has 1 aromatic heterocycles. The van der Waals surface area contributed by atoms with Crippen LogP contribution in [0.3, 0.4) is 0 Å². The Morgan fingerprint density at radius 1 is 1.11 bits per heavy atom. The average Bonchev–Trinajstić information content (AvgIpc) is 2.82. The zero-order valence-electron chi connectivity index (χ0n) is 19.2. The lowest BCUT2D eigenvalue weighted by atomic mass is 10.1. The van der Waals surface area contributed by atoms with Crippen LogP contribution in [0.2, 0.25) is 0 Å². The number of aromatic amines is 1. The van der Waals surface area contributed by atoms with Gasteiger partial charge in [-0.1, -0.05) is 24.1 Å². The van der Waals surface area contributed by atoms with Gasteiger partial charge in [-0.3, -0.25) is 24.3 Å². The summed E-state index contributed by atoms with van der Waals surface area (Å²) in [4.78, 5) is 55.2. The minimum absolute atomic E-state index is 0.0464. The second kappa shape index (κ2) is 11.6. The number of aromatic nitrogens is 2. The third kappa shape index (κ3) is 6.91. The lowest BCUT2D eigenvalue weighted by Gasteiger charge is -2.20. The zero-order valence-corrected chi connectivity index (χ0v) is 19.2. The number of carboxylic acids is 2. The molecule has 3 aromatic rings. The molecule has 0 spiro atoms. The molecule has 0 aliphatic carbocycles. The summed E-state index contributed by atoms with van der Waals surface area (Å²) in [5.74, 6) is -0.405. The van der Waals surface area contributed by atoms with Crippen LogP contribution in [0.25, 0.3) is 10.9 Å². The second-order valence-corrected chi connectivity index (χ2v) is 8.15. The Labute approximate surface area is 206 Å². The topological polar surface area (TPSA) is 179 Å². The molecule has 0 aliphatic rings. The molecule has 36 heavy (non-hydrogen) atoms. The molecular formula is C25H25N5O6. The van der Waals surface area contributed by atoms with E-state index in [0.29, 0.717) is 30.5 Å². The normalized spacial score (nSPS) is 11.7. The van der Waals surface area contributed by atoms with Gasteiger partial charge >= 0.3 is 11.9 Å². The zero-order chi connectivity index (χ0) is 26.2. The summed E-state index contributed by atoms with van der Waals surface area (Å²) in [5.41, 5.74) is 7.70. The molecule has 0 bridgehead atoms. The molecule has 0 radical (unpaired) electrons. The van der Waals surface area contributed by atoms with E-state index >= 15 is 0 Å². The van der Waals surface area contributed by atoms with Gasteiger partial charge in [-0.2, -0.15) is 0 Å². The number of nitrogen functional groups attached to an aromatic ring is 1. The highest BCUT2D eigenvalue weighted by Crippen LogP contribution is 2.15. The molecule has 0 fully saturated rings. The molecule has 0 saturated carbocycles. The van der Waals surface area contributed by atoms with Crippen LogP contribution in [-0.4, -0.2) is 55.5 Å². The highest BCUT2D eigenvalue weighted by atomic mass is 16.4. The van der Waals surface area contributed by atoms with E-state index in [1.54, 1.807) is 36.4 Å². The number of terminal acetylenes is 1. The number of carbonyl (C=O) groups excluding carboxylic acids is 1. The van der Waals surface area contributed by atoms with Crippen molar-refractivity contribution in [1.82, 2.24) is 20.2 Å². The molecule has 3 rings (SSSR count). The van der Waals surface area contributed by atoms with Crippen LogP contribution in [0, 0.1) is 12.3 Å². The number of carboxylic acid groups (broad SMARTS) is 2. The Balaban J connectivity index is 1.68. The number of H-pyrrole nitrogens is 1. The average molecular weight is 492 g/mol. The van der Waals surface area contributed by atoms with Crippen molar-refractivity contribution in [1.29, 1.82) is 0 Å². The first-order valence-electron chi connectivity index (χ1n) is 10.9. The predicted octanol–water partition coefficient (Wildman–Crippen LogP) is 1.19. The summed E-state index contributed by atoms with van der Waals surface area (Å²) in [7, 11) is 0. The number of fused-ring (bicyclic) bond motifs is 1. The first kappa shape index (κ1) is 25.9. The van der Waals surface area contributed by atoms with Gasteiger partial charge in [0.2, 0.25) is 5.95 Å². The molecule has 1 heterocycles. The number of hydrogen-bond acceptors (Lipinski definition) is 7. The van der Waals surface area contributed by atoms with Crippen molar-refractivity contribution in [2.24, 2.45) is 0 Å². The van der Waals surface area contributed by atoms with Gasteiger partial charge in [0.25, 0.3) is 11.5 Å². The molecule has 0 aliphatic heterocycles. The first-order chi connectivity index (χ1) is 17.2. The van der Waals surface area contributed by atoms with Crippen molar-refractivity contribution in [3.8, 4) is 12.3 Å². The van der Waals surface area contributed by atoms with Gasteiger partial charge in [0.1, 0.15) is 6.04 Å². The summed E-state index contributed by atoms with van der Waals surface area (Å²) in [6.07, 6.45) is 4.94. The van der Waals surface area contributed by atoms with E-state index in [4.69, 9.17) is 17.3 Å². The summed E-state index contributed by atoms with van der Waals surface area (Å²) in [5, 5.41) is 20.7. The van der Waals surface area contributed by atoms with Crippen molar-refractivity contribution in [3.05, 3.63) is 69.5 Å². The maximum absolute atomic E-state index is 12.4. The van der Waals surface area contributed by atoms with Crippen LogP contribution >= 0.6 is 0 Å². The van der Waals surface area contributed by atoms with E-state index < -0.39 is 23.9 Å². The quantitative estimate of drug-likeness (QED) is 0.246. The molecule has 0 unspecified atom stereocenters. The first-order valence-corrected chi connectivity index (χ1v) is 10.9. The largest absolute Gasteiger partial charge is 0.481 e. The maximum Gasteiger partial charge on any atom is 0.326 e. The molecule has 0 saturated heterocycles. The van der Waals surface area contributed by atoms with Gasteiger partial charge < -0.3 is 21.3 Å². The van der Waals surface area contributed by atoms with Gasteiger partial charge in [-0.05, 0) is 41.8 Å². The van der Waals surface area contributed by atoms with E-state index in [1.165, 1.54) is 0 Å². The summed E-state index contributed by atoms with van der Waals surface area (Å²) < 4.78 is 0. The monoisotopic (exact) mass is 491 g/mol. The fourth-order valence-corrected chi connectivity index (χ4v) is 3.64. The smallest absolute Gasteiger partial charge is 0.326 e. The SMILES string of the molecule is C#CCN(Cc1ccc(C(=O)N[C@@H](CCC(=O)O)C(=O)O)cc1)Cc1ccc2nc(N)[nH]c(=O)c2c1. The van der Waals surface area contributed by atoms with E-state index in [0.717, 1.165) is 11.1 Å². The lowest BCUT2D eigenvalue weighted by Crippen LogP contribution is -2.41. The number of rotatable bonds is 11. The highest BCUT2D eigenvalue weighted by Gasteiger charge is 2.21. The van der Waals surface area contributed by atoms with Gasteiger partial charge in [0, 0.05) is 25.1 Å². The number of nitrogens with two attached hydrogens (primary N) is 1. The summed E-state index contributed by atoms with van der Waals surface area (Å²) in [6.45, 7) is 1.24. The third-order valence-electron chi connectivity index (χ3n) is 5.38. The van der Waals surface area contributed by atoms with Gasteiger partial charge in [0.05, 0.1) is 17.4 Å². The number of hydrogen-bond donors (Lipinski definition) is 5. The number of anilines is 1. The number of aliphatic carboxylic acids is 2. The van der Waals surface area contributed by atoms with E-state index in [1.807, 2.05) is 11.0 Å². The fourth-order valence-electron chi connectivity index (χ4n) is 3.64. The number of nitrogens with one attached hydrogen (secondary N) is 2. The van der Waals surface area contributed by atoms with Crippen molar-refractivity contribution in [2.45, 2.75) is 32.0 Å².